The summed E-state index contributed by atoms with van der Waals surface area (Å²) in [6, 6.07) is 17.8. The van der Waals surface area contributed by atoms with Gasteiger partial charge in [0, 0.05) is 0 Å². The molecule has 0 atom stereocenters. The van der Waals surface area contributed by atoms with E-state index in [9.17, 15) is 15.0 Å². The lowest BCUT2D eigenvalue weighted by Gasteiger charge is -2.09. The van der Waals surface area contributed by atoms with E-state index in [4.69, 9.17) is 0 Å². The number of phenols is 1. The highest BCUT2D eigenvalue weighted by molar-refractivity contribution is 6.03. The van der Waals surface area contributed by atoms with Crippen molar-refractivity contribution in [1.29, 1.82) is 0 Å². The van der Waals surface area contributed by atoms with Gasteiger partial charge in [0.1, 0.15) is 5.75 Å². The first-order chi connectivity index (χ1) is 9.65. The summed E-state index contributed by atoms with van der Waals surface area (Å²) in [7, 11) is 0. The number of benzene rings is 3. The minimum Gasteiger partial charge on any atom is -0.508 e. The molecule has 0 aliphatic carbocycles. The Morgan fingerprint density at radius 1 is 0.900 bits per heavy atom. The summed E-state index contributed by atoms with van der Waals surface area (Å²) < 4.78 is 0. The first-order valence-corrected chi connectivity index (χ1v) is 6.20. The van der Waals surface area contributed by atoms with Crippen LogP contribution in [0.3, 0.4) is 0 Å². The lowest BCUT2D eigenvalue weighted by atomic mass is 9.95. The van der Waals surface area contributed by atoms with Gasteiger partial charge in [-0.1, -0.05) is 36.4 Å². The fourth-order valence-corrected chi connectivity index (χ4v) is 2.34. The number of rotatable bonds is 2. The Balaban J connectivity index is 2.37. The molecule has 3 rings (SSSR count). The monoisotopic (exact) mass is 264 g/mol. The van der Waals surface area contributed by atoms with E-state index in [0.717, 1.165) is 16.5 Å². The Labute approximate surface area is 115 Å². The SMILES string of the molecule is O=C(O)c1cc(-c2ccccc2)c2ccc(O)cc2c1. The molecule has 0 bridgehead atoms. The van der Waals surface area contributed by atoms with Crippen LogP contribution in [-0.2, 0) is 0 Å². The first kappa shape index (κ1) is 12.2. The normalized spacial score (nSPS) is 10.6. The van der Waals surface area contributed by atoms with Crippen LogP contribution in [0.5, 0.6) is 5.75 Å². The van der Waals surface area contributed by atoms with Crippen LogP contribution in [0.1, 0.15) is 10.4 Å². The molecule has 3 heteroatoms. The molecule has 0 aliphatic rings. The fourth-order valence-electron chi connectivity index (χ4n) is 2.34. The van der Waals surface area contributed by atoms with E-state index in [1.54, 1.807) is 30.3 Å². The predicted octanol–water partition coefficient (Wildman–Crippen LogP) is 3.91. The van der Waals surface area contributed by atoms with Gasteiger partial charge in [0.2, 0.25) is 0 Å². The average Bonchev–Trinajstić information content (AvgIpc) is 2.46. The van der Waals surface area contributed by atoms with Crippen LogP contribution in [0.2, 0.25) is 0 Å². The van der Waals surface area contributed by atoms with Crippen LogP contribution < -0.4 is 0 Å². The van der Waals surface area contributed by atoms with Crippen molar-refractivity contribution in [2.75, 3.05) is 0 Å². The highest BCUT2D eigenvalue weighted by Crippen LogP contribution is 2.32. The summed E-state index contributed by atoms with van der Waals surface area (Å²) in [5.41, 5.74) is 2.01. The standard InChI is InChI=1S/C17H12O3/c18-14-6-7-15-12(9-14)8-13(17(19)20)10-16(15)11-4-2-1-3-5-11/h1-10,18H,(H,19,20). The van der Waals surface area contributed by atoms with Gasteiger partial charge in [-0.25, -0.2) is 4.79 Å². The summed E-state index contributed by atoms with van der Waals surface area (Å²) in [5, 5.41) is 20.4. The molecule has 98 valence electrons. The van der Waals surface area contributed by atoms with Gasteiger partial charge < -0.3 is 10.2 Å². The number of hydrogen-bond donors (Lipinski definition) is 2. The van der Waals surface area contributed by atoms with E-state index in [2.05, 4.69) is 0 Å². The molecule has 0 fully saturated rings. The molecule has 3 aromatic carbocycles. The molecule has 0 saturated heterocycles. The van der Waals surface area contributed by atoms with Crippen molar-refractivity contribution >= 4 is 16.7 Å². The molecule has 3 nitrogen and oxygen atoms in total. The van der Waals surface area contributed by atoms with Gasteiger partial charge in [-0.05, 0) is 46.2 Å². The van der Waals surface area contributed by atoms with Crippen molar-refractivity contribution in [2.24, 2.45) is 0 Å². The third-order valence-electron chi connectivity index (χ3n) is 3.27. The largest absolute Gasteiger partial charge is 0.508 e. The van der Waals surface area contributed by atoms with Gasteiger partial charge in [0.15, 0.2) is 0 Å². The van der Waals surface area contributed by atoms with Gasteiger partial charge in [-0.3, -0.25) is 0 Å². The van der Waals surface area contributed by atoms with Crippen molar-refractivity contribution in [3.05, 3.63) is 66.2 Å². The number of carboxylic acid groups (broad SMARTS) is 1. The Hall–Kier alpha value is -2.81. The molecule has 0 amide bonds. The molecule has 0 saturated carbocycles. The van der Waals surface area contributed by atoms with E-state index >= 15 is 0 Å². The minimum absolute atomic E-state index is 0.124. The van der Waals surface area contributed by atoms with Crippen molar-refractivity contribution in [2.45, 2.75) is 0 Å². The Kier molecular flexibility index (Phi) is 2.88. The number of fused-ring (bicyclic) bond motifs is 1. The highest BCUT2D eigenvalue weighted by atomic mass is 16.4. The van der Waals surface area contributed by atoms with Crippen LogP contribution in [0.4, 0.5) is 0 Å². The van der Waals surface area contributed by atoms with Crippen molar-refractivity contribution in [3.8, 4) is 16.9 Å². The van der Waals surface area contributed by atoms with Gasteiger partial charge in [0.25, 0.3) is 0 Å². The molecule has 3 aromatic rings. The molecule has 0 spiro atoms. The van der Waals surface area contributed by atoms with Crippen LogP contribution in [0.15, 0.2) is 60.7 Å². The second-order valence-corrected chi connectivity index (χ2v) is 4.60. The van der Waals surface area contributed by atoms with Crippen molar-refractivity contribution in [3.63, 3.8) is 0 Å². The number of hydrogen-bond acceptors (Lipinski definition) is 2. The van der Waals surface area contributed by atoms with Crippen LogP contribution in [0.25, 0.3) is 21.9 Å². The fraction of sp³-hybridized carbons (Fsp3) is 0. The third kappa shape index (κ3) is 2.10. The maximum atomic E-state index is 11.3. The molecule has 0 aliphatic heterocycles. The first-order valence-electron chi connectivity index (χ1n) is 6.20. The molecular weight excluding hydrogens is 252 g/mol. The zero-order chi connectivity index (χ0) is 14.1. The lowest BCUT2D eigenvalue weighted by molar-refractivity contribution is 0.0697. The van der Waals surface area contributed by atoms with E-state index in [0.29, 0.717) is 5.39 Å². The smallest absolute Gasteiger partial charge is 0.335 e. The molecule has 0 aromatic heterocycles. The van der Waals surface area contributed by atoms with Gasteiger partial charge in [-0.15, -0.1) is 0 Å². The van der Waals surface area contributed by atoms with Gasteiger partial charge in [0.05, 0.1) is 5.56 Å². The average molecular weight is 264 g/mol. The molecule has 20 heavy (non-hydrogen) atoms. The van der Waals surface area contributed by atoms with Crippen LogP contribution in [0, 0.1) is 0 Å². The number of aromatic carboxylic acids is 1. The van der Waals surface area contributed by atoms with E-state index in [-0.39, 0.29) is 11.3 Å². The maximum absolute atomic E-state index is 11.3. The summed E-state index contributed by atoms with van der Waals surface area (Å²) in [6.07, 6.45) is 0. The Morgan fingerprint density at radius 2 is 1.65 bits per heavy atom. The summed E-state index contributed by atoms with van der Waals surface area (Å²) >= 11 is 0. The topological polar surface area (TPSA) is 57.5 Å². The minimum atomic E-state index is -0.979. The molecule has 0 radical (unpaired) electrons. The highest BCUT2D eigenvalue weighted by Gasteiger charge is 2.10. The number of carbonyl (C=O) groups is 1. The zero-order valence-corrected chi connectivity index (χ0v) is 10.6. The molecule has 0 unspecified atom stereocenters. The summed E-state index contributed by atoms with van der Waals surface area (Å²) in [5.74, 6) is -0.855. The van der Waals surface area contributed by atoms with E-state index < -0.39 is 5.97 Å². The quantitative estimate of drug-likeness (QED) is 0.737. The molecule has 0 heterocycles. The van der Waals surface area contributed by atoms with Crippen molar-refractivity contribution in [1.82, 2.24) is 0 Å². The summed E-state index contributed by atoms with van der Waals surface area (Å²) in [6.45, 7) is 0. The third-order valence-corrected chi connectivity index (χ3v) is 3.27. The van der Waals surface area contributed by atoms with Crippen LogP contribution in [-0.4, -0.2) is 16.2 Å². The van der Waals surface area contributed by atoms with Crippen molar-refractivity contribution < 1.29 is 15.0 Å². The Bertz CT molecular complexity index is 792. The number of phenolic OH excluding ortho intramolecular Hbond substituents is 1. The second kappa shape index (κ2) is 4.70. The van der Waals surface area contributed by atoms with E-state index in [1.807, 2.05) is 30.3 Å². The number of carboxylic acids is 1. The van der Waals surface area contributed by atoms with Crippen LogP contribution >= 0.6 is 0 Å². The molecular formula is C17H12O3. The zero-order valence-electron chi connectivity index (χ0n) is 10.6. The summed E-state index contributed by atoms with van der Waals surface area (Å²) in [4.78, 5) is 11.3. The van der Waals surface area contributed by atoms with Gasteiger partial charge in [-0.2, -0.15) is 0 Å². The van der Waals surface area contributed by atoms with E-state index in [1.165, 1.54) is 0 Å². The predicted molar refractivity (Wildman–Crippen MR) is 78.0 cm³/mol. The second-order valence-electron chi connectivity index (χ2n) is 4.60. The van der Waals surface area contributed by atoms with Gasteiger partial charge >= 0.3 is 5.97 Å². The maximum Gasteiger partial charge on any atom is 0.335 e. The lowest BCUT2D eigenvalue weighted by Crippen LogP contribution is -1.97. The molecule has 2 N–H and O–H groups in total. The number of aromatic hydroxyl groups is 1. The Morgan fingerprint density at radius 3 is 2.35 bits per heavy atom.